The van der Waals surface area contributed by atoms with Crippen LogP contribution < -0.4 is 15.5 Å². The van der Waals surface area contributed by atoms with Crippen LogP contribution in [0.1, 0.15) is 37.0 Å². The van der Waals surface area contributed by atoms with Gasteiger partial charge in [0.05, 0.1) is 24.5 Å². The number of ether oxygens (including phenoxy) is 1. The fourth-order valence-corrected chi connectivity index (χ4v) is 4.70. The van der Waals surface area contributed by atoms with E-state index in [2.05, 4.69) is 15.5 Å². The standard InChI is InChI=1S/C28H36FN5O4/c1-20(2)18-26(35)30-21-8-9-25(22(19-21)27(36)33-14-16-38-17-15-33)32-10-5-11-34(13-12-32)28(37)31-24-7-4-3-6-23(24)29/h3-4,6-9,19-20H,5,10-18H2,1-2H3,(H,30,35)(H,31,37). The molecule has 0 unspecified atom stereocenters. The highest BCUT2D eigenvalue weighted by molar-refractivity contribution is 6.02. The molecule has 10 heteroatoms. The van der Waals surface area contributed by atoms with Crippen LogP contribution in [-0.4, -0.2) is 80.1 Å². The van der Waals surface area contributed by atoms with Crippen LogP contribution in [0.2, 0.25) is 0 Å². The smallest absolute Gasteiger partial charge is 0.321 e. The molecule has 9 nitrogen and oxygen atoms in total. The SMILES string of the molecule is CC(C)CC(=O)Nc1ccc(N2CCCN(C(=O)Nc3ccccc3F)CC2)c(C(=O)N2CCOCC2)c1. The molecule has 4 rings (SSSR count). The van der Waals surface area contributed by atoms with E-state index in [1.807, 2.05) is 26.0 Å². The summed E-state index contributed by atoms with van der Waals surface area (Å²) < 4.78 is 19.4. The molecule has 2 aromatic carbocycles. The van der Waals surface area contributed by atoms with Crippen LogP contribution >= 0.6 is 0 Å². The minimum absolute atomic E-state index is 0.0937. The molecule has 38 heavy (non-hydrogen) atoms. The summed E-state index contributed by atoms with van der Waals surface area (Å²) in [6, 6.07) is 11.2. The van der Waals surface area contributed by atoms with E-state index in [0.717, 1.165) is 5.69 Å². The van der Waals surface area contributed by atoms with Gasteiger partial charge in [0.2, 0.25) is 5.91 Å². The van der Waals surface area contributed by atoms with Crippen LogP contribution in [0.25, 0.3) is 0 Å². The Labute approximate surface area is 222 Å². The Morgan fingerprint density at radius 2 is 1.68 bits per heavy atom. The fraction of sp³-hybridized carbons (Fsp3) is 0.464. The number of hydrogen-bond donors (Lipinski definition) is 2. The number of amides is 4. The Morgan fingerprint density at radius 3 is 2.42 bits per heavy atom. The third-order valence-electron chi connectivity index (χ3n) is 6.64. The molecule has 0 atom stereocenters. The molecule has 2 heterocycles. The van der Waals surface area contributed by atoms with Gasteiger partial charge in [-0.05, 0) is 42.7 Å². The zero-order chi connectivity index (χ0) is 27.1. The van der Waals surface area contributed by atoms with E-state index in [9.17, 15) is 18.8 Å². The number of nitrogens with one attached hydrogen (secondary N) is 2. The number of nitrogens with zero attached hydrogens (tertiary/aromatic N) is 3. The molecular formula is C28H36FN5O4. The lowest BCUT2D eigenvalue weighted by atomic mass is 10.1. The average molecular weight is 526 g/mol. The molecule has 0 bridgehead atoms. The molecule has 0 spiro atoms. The largest absolute Gasteiger partial charge is 0.378 e. The van der Waals surface area contributed by atoms with Gasteiger partial charge in [0.15, 0.2) is 0 Å². The molecule has 2 fully saturated rings. The van der Waals surface area contributed by atoms with Crippen LogP contribution in [-0.2, 0) is 9.53 Å². The Bertz CT molecular complexity index is 1150. The number of carbonyl (C=O) groups is 3. The van der Waals surface area contributed by atoms with Gasteiger partial charge in [-0.2, -0.15) is 0 Å². The van der Waals surface area contributed by atoms with Crippen molar-refractivity contribution >= 4 is 34.9 Å². The van der Waals surface area contributed by atoms with E-state index in [-0.39, 0.29) is 29.5 Å². The monoisotopic (exact) mass is 525 g/mol. The lowest BCUT2D eigenvalue weighted by molar-refractivity contribution is -0.116. The second-order valence-corrected chi connectivity index (χ2v) is 10.0. The Kier molecular flexibility index (Phi) is 9.17. The van der Waals surface area contributed by atoms with Crippen LogP contribution in [0.4, 0.5) is 26.2 Å². The number of hydrogen-bond acceptors (Lipinski definition) is 5. The van der Waals surface area contributed by atoms with Crippen molar-refractivity contribution in [3.8, 4) is 0 Å². The van der Waals surface area contributed by atoms with Gasteiger partial charge < -0.3 is 30.1 Å². The van der Waals surface area contributed by atoms with Crippen molar-refractivity contribution in [1.82, 2.24) is 9.80 Å². The summed E-state index contributed by atoms with van der Waals surface area (Å²) in [7, 11) is 0. The first-order chi connectivity index (χ1) is 18.3. The topological polar surface area (TPSA) is 94.2 Å². The van der Waals surface area contributed by atoms with Crippen molar-refractivity contribution in [2.45, 2.75) is 26.7 Å². The highest BCUT2D eigenvalue weighted by Crippen LogP contribution is 2.28. The third kappa shape index (κ3) is 7.00. The van der Waals surface area contributed by atoms with Crippen molar-refractivity contribution < 1.29 is 23.5 Å². The molecule has 2 saturated heterocycles. The van der Waals surface area contributed by atoms with E-state index in [1.165, 1.54) is 12.1 Å². The highest BCUT2D eigenvalue weighted by atomic mass is 19.1. The predicted octanol–water partition coefficient (Wildman–Crippen LogP) is 4.03. The number of halogens is 1. The van der Waals surface area contributed by atoms with Gasteiger partial charge in [-0.3, -0.25) is 9.59 Å². The quantitative estimate of drug-likeness (QED) is 0.594. The molecule has 0 aliphatic carbocycles. The van der Waals surface area contributed by atoms with Gasteiger partial charge in [-0.1, -0.05) is 26.0 Å². The molecule has 2 aliphatic heterocycles. The number of morpholine rings is 1. The molecule has 204 valence electrons. The Hall–Kier alpha value is -3.66. The van der Waals surface area contributed by atoms with Crippen molar-refractivity contribution in [3.63, 3.8) is 0 Å². The van der Waals surface area contributed by atoms with Crippen LogP contribution in [0.5, 0.6) is 0 Å². The second kappa shape index (κ2) is 12.7. The van der Waals surface area contributed by atoms with Crippen LogP contribution in [0.15, 0.2) is 42.5 Å². The Morgan fingerprint density at radius 1 is 0.921 bits per heavy atom. The van der Waals surface area contributed by atoms with Gasteiger partial charge in [0.1, 0.15) is 5.82 Å². The molecule has 4 amide bonds. The van der Waals surface area contributed by atoms with E-state index >= 15 is 0 Å². The fourth-order valence-electron chi connectivity index (χ4n) is 4.70. The van der Waals surface area contributed by atoms with E-state index < -0.39 is 5.82 Å². The first-order valence-electron chi connectivity index (χ1n) is 13.2. The number of carbonyl (C=O) groups excluding carboxylic acids is 3. The summed E-state index contributed by atoms with van der Waals surface area (Å²) in [5.41, 5.74) is 2.00. The summed E-state index contributed by atoms with van der Waals surface area (Å²) in [5.74, 6) is -0.464. The first kappa shape index (κ1) is 27.4. The maximum atomic E-state index is 14.0. The summed E-state index contributed by atoms with van der Waals surface area (Å²) >= 11 is 0. The molecule has 2 aliphatic rings. The lowest BCUT2D eigenvalue weighted by Gasteiger charge is -2.30. The van der Waals surface area contributed by atoms with Gasteiger partial charge in [-0.15, -0.1) is 0 Å². The summed E-state index contributed by atoms with van der Waals surface area (Å²) in [4.78, 5) is 44.4. The number of para-hydroxylation sites is 1. The van der Waals surface area contributed by atoms with Crippen molar-refractivity contribution in [1.29, 1.82) is 0 Å². The van der Waals surface area contributed by atoms with Gasteiger partial charge in [-0.25, -0.2) is 9.18 Å². The van der Waals surface area contributed by atoms with Crippen LogP contribution in [0, 0.1) is 11.7 Å². The lowest BCUT2D eigenvalue weighted by Crippen LogP contribution is -2.42. The number of urea groups is 1. The summed E-state index contributed by atoms with van der Waals surface area (Å²) in [6.45, 7) is 8.02. The number of anilines is 3. The second-order valence-electron chi connectivity index (χ2n) is 10.0. The maximum Gasteiger partial charge on any atom is 0.321 e. The zero-order valence-corrected chi connectivity index (χ0v) is 22.0. The minimum atomic E-state index is -0.482. The summed E-state index contributed by atoms with van der Waals surface area (Å²) in [5, 5.41) is 5.57. The van der Waals surface area contributed by atoms with Crippen molar-refractivity contribution in [3.05, 3.63) is 53.8 Å². The highest BCUT2D eigenvalue weighted by Gasteiger charge is 2.26. The van der Waals surface area contributed by atoms with Crippen molar-refractivity contribution in [2.24, 2.45) is 5.92 Å². The molecule has 0 aromatic heterocycles. The molecular weight excluding hydrogens is 489 g/mol. The predicted molar refractivity (Wildman–Crippen MR) is 145 cm³/mol. The molecule has 0 saturated carbocycles. The molecule has 2 N–H and O–H groups in total. The van der Waals surface area contributed by atoms with E-state index in [0.29, 0.717) is 76.6 Å². The average Bonchev–Trinajstić information content (AvgIpc) is 3.16. The van der Waals surface area contributed by atoms with E-state index in [4.69, 9.17) is 4.74 Å². The van der Waals surface area contributed by atoms with Gasteiger partial charge >= 0.3 is 6.03 Å². The minimum Gasteiger partial charge on any atom is -0.378 e. The van der Waals surface area contributed by atoms with Crippen LogP contribution in [0.3, 0.4) is 0 Å². The van der Waals surface area contributed by atoms with E-state index in [1.54, 1.807) is 28.0 Å². The first-order valence-corrected chi connectivity index (χ1v) is 13.2. The molecule has 0 radical (unpaired) electrons. The van der Waals surface area contributed by atoms with Gasteiger partial charge in [0, 0.05) is 57.1 Å². The number of rotatable bonds is 6. The maximum absolute atomic E-state index is 14.0. The number of benzene rings is 2. The zero-order valence-electron chi connectivity index (χ0n) is 22.0. The third-order valence-corrected chi connectivity index (χ3v) is 6.64. The van der Waals surface area contributed by atoms with Crippen molar-refractivity contribution in [2.75, 3.05) is 68.0 Å². The normalized spacial score (nSPS) is 16.3. The Balaban J connectivity index is 1.51. The molecule has 2 aromatic rings. The summed E-state index contributed by atoms with van der Waals surface area (Å²) in [6.07, 6.45) is 1.08. The van der Waals surface area contributed by atoms with Gasteiger partial charge in [0.25, 0.3) is 5.91 Å².